The Morgan fingerprint density at radius 2 is 1.87 bits per heavy atom. The lowest BCUT2D eigenvalue weighted by molar-refractivity contribution is -0.173. The van der Waals surface area contributed by atoms with E-state index in [0.29, 0.717) is 15.7 Å². The normalized spacial score (nSPS) is 17.7. The van der Waals surface area contributed by atoms with Gasteiger partial charge in [0.1, 0.15) is 12.7 Å². The van der Waals surface area contributed by atoms with E-state index < -0.39 is 53.7 Å². The molecule has 3 heterocycles. The number of esters is 1. The van der Waals surface area contributed by atoms with E-state index in [9.17, 15) is 27.6 Å². The van der Waals surface area contributed by atoms with E-state index >= 15 is 0 Å². The predicted octanol–water partition coefficient (Wildman–Crippen LogP) is 5.12. The molecule has 0 unspecified atom stereocenters. The molecule has 198 valence electrons. The van der Waals surface area contributed by atoms with Crippen molar-refractivity contribution in [3.05, 3.63) is 92.4 Å². The van der Waals surface area contributed by atoms with Crippen LogP contribution in [0, 0.1) is 0 Å². The molecule has 3 aromatic rings. The van der Waals surface area contributed by atoms with Gasteiger partial charge in [-0.2, -0.15) is 13.2 Å². The molecule has 2 aliphatic heterocycles. The molecule has 1 amide bonds. The van der Waals surface area contributed by atoms with Crippen molar-refractivity contribution in [3.8, 4) is 5.75 Å². The molecule has 1 aromatic heterocycles. The highest BCUT2D eigenvalue weighted by Crippen LogP contribution is 2.44. The minimum Gasteiger partial charge on any atom is -0.420 e. The van der Waals surface area contributed by atoms with Crippen molar-refractivity contribution in [3.63, 3.8) is 0 Å². The highest BCUT2D eigenvalue weighted by Gasteiger charge is 2.48. The summed E-state index contributed by atoms with van der Waals surface area (Å²) in [7, 11) is 0. The number of pyridine rings is 1. The third kappa shape index (κ3) is 4.54. The van der Waals surface area contributed by atoms with Gasteiger partial charge in [0, 0.05) is 34.9 Å². The molecule has 0 radical (unpaired) electrons. The number of halogens is 4. The van der Waals surface area contributed by atoms with Crippen LogP contribution in [0.15, 0.2) is 64.4 Å². The average molecular weight is 564 g/mol. The second-order valence-corrected chi connectivity index (χ2v) is 10.4. The number of hydrogen-bond donors (Lipinski definition) is 0. The largest absolute Gasteiger partial charge is 0.420 e. The van der Waals surface area contributed by atoms with Crippen molar-refractivity contribution >= 4 is 35.2 Å². The summed E-state index contributed by atoms with van der Waals surface area (Å²) in [4.78, 5) is 39.6. The first-order chi connectivity index (χ1) is 18.0. The summed E-state index contributed by atoms with van der Waals surface area (Å²) in [5.74, 6) is -2.00. The molecule has 12 heteroatoms. The van der Waals surface area contributed by atoms with Gasteiger partial charge in [-0.3, -0.25) is 24.1 Å². The van der Waals surface area contributed by atoms with Gasteiger partial charge in [-0.05, 0) is 41.8 Å². The zero-order valence-electron chi connectivity index (χ0n) is 20.2. The zero-order chi connectivity index (χ0) is 27.4. The number of benzene rings is 2. The molecule has 0 N–H and O–H groups in total. The zero-order valence-corrected chi connectivity index (χ0v) is 21.7. The lowest BCUT2D eigenvalue weighted by Gasteiger charge is -2.46. The molecule has 2 aliphatic rings. The van der Waals surface area contributed by atoms with Crippen molar-refractivity contribution in [1.29, 1.82) is 0 Å². The Balaban J connectivity index is 1.81. The predicted molar refractivity (Wildman–Crippen MR) is 136 cm³/mol. The number of nitrogens with zero attached hydrogens (tertiary/aromatic N) is 3. The van der Waals surface area contributed by atoms with Crippen LogP contribution in [-0.2, 0) is 10.5 Å². The highest BCUT2D eigenvalue weighted by molar-refractivity contribution is 7.98. The minimum absolute atomic E-state index is 0.437. The number of carbonyl (C=O) groups is 2. The molecule has 2 aromatic carbocycles. The molecule has 0 saturated carbocycles. The van der Waals surface area contributed by atoms with Crippen molar-refractivity contribution in [1.82, 2.24) is 9.58 Å². The maximum absolute atomic E-state index is 14.0. The fourth-order valence-electron chi connectivity index (χ4n) is 4.70. The van der Waals surface area contributed by atoms with Crippen LogP contribution >= 0.6 is 23.4 Å². The van der Waals surface area contributed by atoms with Crippen LogP contribution in [0.4, 0.5) is 13.2 Å². The van der Waals surface area contributed by atoms with Crippen LogP contribution in [0.3, 0.4) is 0 Å². The molecule has 0 spiro atoms. The molecule has 0 saturated heterocycles. The Bertz CT molecular complexity index is 1510. The summed E-state index contributed by atoms with van der Waals surface area (Å²) in [5, 5.41) is 2.00. The molecule has 5 rings (SSSR count). The van der Waals surface area contributed by atoms with Crippen LogP contribution < -0.4 is 15.2 Å². The maximum atomic E-state index is 14.0. The standard InChI is InChI=1S/C26H21ClF3N3O4S/c1-14(26(28,29)30)31-13-33(32-10-9-20(35)24(37-15(2)34)23(32)25(31)36)22-18-5-3-4-6-21(18)38-12-16-7-8-17(27)11-19(16)22/h3-11,14,22H,12-13H2,1-2H3/t14-,22-/m1/s1. The maximum Gasteiger partial charge on any atom is 0.408 e. The fourth-order valence-corrected chi connectivity index (χ4v) is 5.98. The lowest BCUT2D eigenvalue weighted by Crippen LogP contribution is -2.60. The molecular formula is C26H21ClF3N3O4S. The molecule has 0 aliphatic carbocycles. The summed E-state index contributed by atoms with van der Waals surface area (Å²) in [5.41, 5.74) is 1.17. The highest BCUT2D eigenvalue weighted by atomic mass is 35.5. The fraction of sp³-hybridized carbons (Fsp3) is 0.269. The molecule has 38 heavy (non-hydrogen) atoms. The van der Waals surface area contributed by atoms with Crippen molar-refractivity contribution in [2.75, 3.05) is 11.7 Å². The summed E-state index contributed by atoms with van der Waals surface area (Å²) >= 11 is 7.96. The SMILES string of the molecule is CC(=O)Oc1c2n(ccc1=O)N([C@H]1c3cc(Cl)ccc3CSc3ccccc31)CN([C@H](C)C(F)(F)F)C2=O. The van der Waals surface area contributed by atoms with E-state index in [1.807, 2.05) is 30.3 Å². The second-order valence-electron chi connectivity index (χ2n) is 8.94. The number of fused-ring (bicyclic) bond motifs is 3. The van der Waals surface area contributed by atoms with Crippen molar-refractivity contribution < 1.29 is 27.5 Å². The van der Waals surface area contributed by atoms with Crippen LogP contribution in [0.25, 0.3) is 0 Å². The van der Waals surface area contributed by atoms with E-state index in [1.165, 1.54) is 10.9 Å². The molecule has 7 nitrogen and oxygen atoms in total. The minimum atomic E-state index is -4.75. The van der Waals surface area contributed by atoms with Gasteiger partial charge in [-0.25, -0.2) is 0 Å². The molecule has 0 bridgehead atoms. The van der Waals surface area contributed by atoms with Gasteiger partial charge in [0.15, 0.2) is 5.69 Å². The Labute approximate surface area is 224 Å². The monoisotopic (exact) mass is 563 g/mol. The topological polar surface area (TPSA) is 71.8 Å². The first kappa shape index (κ1) is 26.2. The third-order valence-corrected chi connectivity index (χ3v) is 7.93. The van der Waals surface area contributed by atoms with Crippen LogP contribution in [-0.4, -0.2) is 40.3 Å². The number of aromatic nitrogens is 1. The number of hydrogen-bond acceptors (Lipinski definition) is 6. The van der Waals surface area contributed by atoms with Crippen molar-refractivity contribution in [2.45, 2.75) is 42.8 Å². The Hall–Kier alpha value is -3.44. The molecule has 2 atom stereocenters. The molecular weight excluding hydrogens is 543 g/mol. The Kier molecular flexibility index (Phi) is 6.68. The van der Waals surface area contributed by atoms with E-state index in [-0.39, 0.29) is 0 Å². The summed E-state index contributed by atoms with van der Waals surface area (Å²) in [6.45, 7) is 1.45. The van der Waals surface area contributed by atoms with Gasteiger partial charge in [0.25, 0.3) is 5.91 Å². The summed E-state index contributed by atoms with van der Waals surface area (Å²) < 4.78 is 48.3. The van der Waals surface area contributed by atoms with Gasteiger partial charge in [-0.15, -0.1) is 11.8 Å². The van der Waals surface area contributed by atoms with E-state index in [4.69, 9.17) is 16.3 Å². The molecule has 0 fully saturated rings. The first-order valence-electron chi connectivity index (χ1n) is 11.6. The van der Waals surface area contributed by atoms with Gasteiger partial charge in [0.05, 0.1) is 6.04 Å². The quantitative estimate of drug-likeness (QED) is 0.412. The summed E-state index contributed by atoms with van der Waals surface area (Å²) in [6, 6.07) is 11.1. The third-order valence-electron chi connectivity index (χ3n) is 6.56. The number of alkyl halides is 3. The summed E-state index contributed by atoms with van der Waals surface area (Å²) in [6.07, 6.45) is -3.44. The van der Waals surface area contributed by atoms with Crippen molar-refractivity contribution in [2.24, 2.45) is 0 Å². The average Bonchev–Trinajstić information content (AvgIpc) is 3.01. The van der Waals surface area contributed by atoms with Crippen LogP contribution in [0.2, 0.25) is 5.02 Å². The first-order valence-corrected chi connectivity index (χ1v) is 12.9. The number of amides is 1. The number of carbonyl (C=O) groups excluding carboxylic acids is 2. The van der Waals surface area contributed by atoms with E-state index in [0.717, 1.165) is 41.5 Å². The smallest absolute Gasteiger partial charge is 0.408 e. The Morgan fingerprint density at radius 1 is 1.13 bits per heavy atom. The van der Waals surface area contributed by atoms with Gasteiger partial charge < -0.3 is 9.64 Å². The number of rotatable bonds is 3. The lowest BCUT2D eigenvalue weighted by atomic mass is 9.94. The van der Waals surface area contributed by atoms with Gasteiger partial charge in [-0.1, -0.05) is 35.9 Å². The number of thioether (sulfide) groups is 1. The van der Waals surface area contributed by atoms with Gasteiger partial charge in [0.2, 0.25) is 11.2 Å². The van der Waals surface area contributed by atoms with E-state index in [2.05, 4.69) is 0 Å². The van der Waals surface area contributed by atoms with Gasteiger partial charge >= 0.3 is 12.1 Å². The van der Waals surface area contributed by atoms with Crippen LogP contribution in [0.5, 0.6) is 5.75 Å². The van der Waals surface area contributed by atoms with E-state index in [1.54, 1.807) is 28.9 Å². The number of ether oxygens (including phenoxy) is 1. The Morgan fingerprint density at radius 3 is 2.58 bits per heavy atom. The van der Waals surface area contributed by atoms with Crippen LogP contribution in [0.1, 0.15) is 47.1 Å². The second kappa shape index (κ2) is 9.70.